The monoisotopic (exact) mass is 310 g/mol. The van der Waals surface area contributed by atoms with E-state index in [0.29, 0.717) is 6.42 Å². The Kier molecular flexibility index (Phi) is 3.84. The Morgan fingerprint density at radius 3 is 2.83 bits per heavy atom. The lowest BCUT2D eigenvalue weighted by molar-refractivity contribution is -0.137. The molecule has 0 aliphatic heterocycles. The van der Waals surface area contributed by atoms with Gasteiger partial charge < -0.3 is 10.8 Å². The summed E-state index contributed by atoms with van der Waals surface area (Å²) in [4.78, 5) is 15.8. The van der Waals surface area contributed by atoms with E-state index in [-0.39, 0.29) is 17.8 Å². The first-order chi connectivity index (χ1) is 11.0. The van der Waals surface area contributed by atoms with Crippen LogP contribution in [-0.2, 0) is 10.2 Å². The van der Waals surface area contributed by atoms with Gasteiger partial charge in [0.25, 0.3) is 0 Å². The quantitative estimate of drug-likeness (QED) is 0.838. The van der Waals surface area contributed by atoms with E-state index in [0.717, 1.165) is 28.9 Å². The molecule has 2 atom stereocenters. The van der Waals surface area contributed by atoms with Crippen LogP contribution in [-0.4, -0.2) is 16.1 Å². The smallest absolute Gasteiger partial charge is 0.303 e. The molecule has 1 aromatic heterocycles. The third-order valence-electron chi connectivity index (χ3n) is 5.39. The first-order valence-electron chi connectivity index (χ1n) is 8.07. The summed E-state index contributed by atoms with van der Waals surface area (Å²) in [6, 6.07) is 9.97. The highest BCUT2D eigenvalue weighted by molar-refractivity contribution is 5.84. The van der Waals surface area contributed by atoms with Crippen LogP contribution in [0.5, 0.6) is 0 Å². The largest absolute Gasteiger partial charge is 0.481 e. The standard InChI is InChI=1S/C19H22N2O2/c1-3-19(10-9-16(22)23)12(2)13-6-4-8-15(20)17(13)14-7-5-11-21-18(14)19/h4-8,11-12H,3,9-10,20H2,1-2H3,(H,22,23). The van der Waals surface area contributed by atoms with Crippen molar-refractivity contribution in [3.8, 4) is 11.1 Å². The van der Waals surface area contributed by atoms with Crippen LogP contribution in [0.1, 0.15) is 50.3 Å². The molecule has 23 heavy (non-hydrogen) atoms. The summed E-state index contributed by atoms with van der Waals surface area (Å²) in [5, 5.41) is 9.19. The molecule has 2 unspecified atom stereocenters. The highest BCUT2D eigenvalue weighted by Gasteiger charge is 2.44. The number of benzene rings is 1. The number of fused-ring (bicyclic) bond motifs is 3. The second-order valence-corrected chi connectivity index (χ2v) is 6.34. The zero-order valence-corrected chi connectivity index (χ0v) is 13.5. The molecule has 2 aromatic rings. The van der Waals surface area contributed by atoms with Gasteiger partial charge in [0.2, 0.25) is 0 Å². The van der Waals surface area contributed by atoms with Crippen molar-refractivity contribution >= 4 is 11.7 Å². The van der Waals surface area contributed by atoms with Gasteiger partial charge in [-0.3, -0.25) is 9.78 Å². The number of nitrogen functional groups attached to an aromatic ring is 1. The Morgan fingerprint density at radius 2 is 2.13 bits per heavy atom. The molecule has 0 radical (unpaired) electrons. The van der Waals surface area contributed by atoms with Crippen molar-refractivity contribution in [3.05, 3.63) is 47.8 Å². The Hall–Kier alpha value is -2.36. The van der Waals surface area contributed by atoms with E-state index in [1.165, 1.54) is 5.56 Å². The SMILES string of the molecule is CCC1(CCC(=O)O)c2ncccc2-c2c(N)cccc2C1C. The summed E-state index contributed by atoms with van der Waals surface area (Å²) in [5.74, 6) is -0.589. The number of nitrogens with zero attached hydrogens (tertiary/aromatic N) is 1. The van der Waals surface area contributed by atoms with Crippen LogP contribution >= 0.6 is 0 Å². The molecule has 1 heterocycles. The van der Waals surface area contributed by atoms with Gasteiger partial charge in [-0.2, -0.15) is 0 Å². The number of carboxylic acid groups (broad SMARTS) is 1. The summed E-state index contributed by atoms with van der Waals surface area (Å²) < 4.78 is 0. The minimum Gasteiger partial charge on any atom is -0.481 e. The molecule has 1 aliphatic carbocycles. The molecule has 0 spiro atoms. The number of nitrogens with two attached hydrogens (primary N) is 1. The predicted molar refractivity (Wildman–Crippen MR) is 91.3 cm³/mol. The number of aromatic nitrogens is 1. The number of carbonyl (C=O) groups is 1. The molecule has 3 N–H and O–H groups in total. The van der Waals surface area contributed by atoms with Crippen molar-refractivity contribution in [1.29, 1.82) is 0 Å². The highest BCUT2D eigenvalue weighted by atomic mass is 16.4. The Bertz CT molecular complexity index is 757. The summed E-state index contributed by atoms with van der Waals surface area (Å²) in [6.07, 6.45) is 3.37. The van der Waals surface area contributed by atoms with Crippen molar-refractivity contribution < 1.29 is 9.90 Å². The molecule has 0 fully saturated rings. The molecular weight excluding hydrogens is 288 g/mol. The van der Waals surface area contributed by atoms with Crippen LogP contribution in [0.2, 0.25) is 0 Å². The van der Waals surface area contributed by atoms with E-state index in [2.05, 4.69) is 31.0 Å². The van der Waals surface area contributed by atoms with Crippen LogP contribution in [0.4, 0.5) is 5.69 Å². The maximum atomic E-state index is 11.2. The van der Waals surface area contributed by atoms with Crippen LogP contribution in [0.15, 0.2) is 36.5 Å². The van der Waals surface area contributed by atoms with Crippen LogP contribution in [0.3, 0.4) is 0 Å². The third kappa shape index (κ3) is 2.29. The van der Waals surface area contributed by atoms with Gasteiger partial charge in [-0.05, 0) is 36.5 Å². The van der Waals surface area contributed by atoms with E-state index in [9.17, 15) is 9.90 Å². The molecule has 3 rings (SSSR count). The highest BCUT2D eigenvalue weighted by Crippen LogP contribution is 2.54. The van der Waals surface area contributed by atoms with Gasteiger partial charge in [0.15, 0.2) is 0 Å². The molecule has 120 valence electrons. The average Bonchev–Trinajstić information content (AvgIpc) is 2.55. The van der Waals surface area contributed by atoms with E-state index in [4.69, 9.17) is 5.73 Å². The second-order valence-electron chi connectivity index (χ2n) is 6.34. The minimum absolute atomic E-state index is 0.145. The number of hydrogen-bond acceptors (Lipinski definition) is 3. The van der Waals surface area contributed by atoms with Gasteiger partial charge in [-0.15, -0.1) is 0 Å². The Balaban J connectivity index is 2.26. The van der Waals surface area contributed by atoms with E-state index in [1.807, 2.05) is 18.2 Å². The molecule has 4 nitrogen and oxygen atoms in total. The van der Waals surface area contributed by atoms with E-state index < -0.39 is 5.97 Å². The fraction of sp³-hybridized carbons (Fsp3) is 0.368. The Labute approximate surface area is 136 Å². The van der Waals surface area contributed by atoms with Crippen molar-refractivity contribution in [3.63, 3.8) is 0 Å². The fourth-order valence-corrected chi connectivity index (χ4v) is 4.08. The number of rotatable bonds is 4. The summed E-state index contributed by atoms with van der Waals surface area (Å²) >= 11 is 0. The van der Waals surface area contributed by atoms with Crippen molar-refractivity contribution in [2.45, 2.75) is 44.4 Å². The average molecular weight is 310 g/mol. The molecule has 1 aliphatic rings. The second kappa shape index (κ2) is 5.69. The van der Waals surface area contributed by atoms with Gasteiger partial charge >= 0.3 is 5.97 Å². The minimum atomic E-state index is -0.763. The van der Waals surface area contributed by atoms with Gasteiger partial charge in [0.1, 0.15) is 0 Å². The van der Waals surface area contributed by atoms with Crippen LogP contribution < -0.4 is 5.73 Å². The van der Waals surface area contributed by atoms with Gasteiger partial charge in [-0.1, -0.05) is 32.0 Å². The zero-order valence-electron chi connectivity index (χ0n) is 13.5. The van der Waals surface area contributed by atoms with Gasteiger partial charge in [-0.25, -0.2) is 0 Å². The molecule has 0 bridgehead atoms. The maximum Gasteiger partial charge on any atom is 0.303 e. The summed E-state index contributed by atoms with van der Waals surface area (Å²) in [7, 11) is 0. The lowest BCUT2D eigenvalue weighted by Crippen LogP contribution is -2.37. The number of anilines is 1. The summed E-state index contributed by atoms with van der Waals surface area (Å²) in [6.45, 7) is 4.29. The Morgan fingerprint density at radius 1 is 1.35 bits per heavy atom. The van der Waals surface area contributed by atoms with Crippen LogP contribution in [0, 0.1) is 0 Å². The van der Waals surface area contributed by atoms with Gasteiger partial charge in [0.05, 0.1) is 5.69 Å². The first-order valence-corrected chi connectivity index (χ1v) is 8.07. The zero-order chi connectivity index (χ0) is 16.6. The molecule has 1 aromatic carbocycles. The number of carboxylic acids is 1. The number of pyridine rings is 1. The van der Waals surface area contributed by atoms with Crippen molar-refractivity contribution in [2.75, 3.05) is 5.73 Å². The lowest BCUT2D eigenvalue weighted by atomic mass is 9.60. The van der Waals surface area contributed by atoms with E-state index >= 15 is 0 Å². The first kappa shape index (κ1) is 15.5. The van der Waals surface area contributed by atoms with Crippen LogP contribution in [0.25, 0.3) is 11.1 Å². The fourth-order valence-electron chi connectivity index (χ4n) is 4.08. The number of aliphatic carboxylic acids is 1. The third-order valence-corrected chi connectivity index (χ3v) is 5.39. The number of hydrogen-bond donors (Lipinski definition) is 2. The predicted octanol–water partition coefficient (Wildman–Crippen LogP) is 3.96. The molecule has 0 saturated carbocycles. The van der Waals surface area contributed by atoms with Crippen molar-refractivity contribution in [1.82, 2.24) is 4.98 Å². The molecular formula is C19H22N2O2. The molecule has 4 heteroatoms. The van der Waals surface area contributed by atoms with Gasteiger partial charge in [0, 0.05) is 34.8 Å². The van der Waals surface area contributed by atoms with E-state index in [1.54, 1.807) is 6.20 Å². The molecule has 0 saturated heterocycles. The topological polar surface area (TPSA) is 76.2 Å². The maximum absolute atomic E-state index is 11.2. The molecule has 0 amide bonds. The van der Waals surface area contributed by atoms with Crippen molar-refractivity contribution in [2.24, 2.45) is 0 Å². The lowest BCUT2D eigenvalue weighted by Gasteiger charge is -2.44. The normalized spacial score (nSPS) is 22.3. The summed E-state index contributed by atoms with van der Waals surface area (Å²) in [5.41, 5.74) is 11.0.